The molecule has 134 valence electrons. The predicted octanol–water partition coefficient (Wildman–Crippen LogP) is 2.97. The number of aromatic nitrogens is 2. The third-order valence-electron chi connectivity index (χ3n) is 4.89. The average molecular weight is 341 g/mol. The molecule has 0 spiro atoms. The van der Waals surface area contributed by atoms with Gasteiger partial charge in [-0.2, -0.15) is 5.10 Å². The van der Waals surface area contributed by atoms with Crippen LogP contribution in [0.2, 0.25) is 0 Å². The number of hydrogen-bond donors (Lipinski definition) is 1. The highest BCUT2D eigenvalue weighted by Gasteiger charge is 2.27. The van der Waals surface area contributed by atoms with E-state index in [0.29, 0.717) is 5.92 Å². The summed E-state index contributed by atoms with van der Waals surface area (Å²) in [5.74, 6) is 0.503. The number of amides is 2. The molecular weight excluding hydrogens is 314 g/mol. The van der Waals surface area contributed by atoms with Crippen molar-refractivity contribution in [3.05, 3.63) is 42.2 Å². The number of para-hydroxylation sites is 2. The van der Waals surface area contributed by atoms with Crippen molar-refractivity contribution >= 4 is 17.4 Å². The van der Waals surface area contributed by atoms with Gasteiger partial charge in [0.05, 0.1) is 17.6 Å². The number of carbonyl (C=O) groups is 1. The summed E-state index contributed by atoms with van der Waals surface area (Å²) in [5.41, 5.74) is 3.15. The van der Waals surface area contributed by atoms with Crippen LogP contribution >= 0.6 is 0 Å². The number of likely N-dealkylation sites (tertiary alicyclic amines) is 1. The number of carbonyl (C=O) groups excluding carboxylic acids is 1. The summed E-state index contributed by atoms with van der Waals surface area (Å²) in [5, 5.41) is 7.31. The first-order valence-corrected chi connectivity index (χ1v) is 8.90. The topological polar surface area (TPSA) is 53.4 Å². The van der Waals surface area contributed by atoms with Crippen molar-refractivity contribution < 1.29 is 4.79 Å². The molecule has 1 fully saturated rings. The number of anilines is 2. The number of hydrogen-bond acceptors (Lipinski definition) is 3. The van der Waals surface area contributed by atoms with E-state index in [1.54, 1.807) is 0 Å². The lowest BCUT2D eigenvalue weighted by Crippen LogP contribution is -2.33. The average Bonchev–Trinajstić information content (AvgIpc) is 3.24. The normalized spacial score (nSPS) is 16.9. The van der Waals surface area contributed by atoms with Crippen LogP contribution in [0.5, 0.6) is 0 Å². The van der Waals surface area contributed by atoms with Crippen LogP contribution in [0, 0.1) is 5.92 Å². The van der Waals surface area contributed by atoms with Gasteiger partial charge in [0.2, 0.25) is 0 Å². The molecule has 1 aliphatic heterocycles. The van der Waals surface area contributed by atoms with Gasteiger partial charge in [-0.1, -0.05) is 12.1 Å². The number of urea groups is 1. The van der Waals surface area contributed by atoms with E-state index in [1.807, 2.05) is 54.1 Å². The first-order valence-electron chi connectivity index (χ1n) is 8.90. The number of benzene rings is 1. The Morgan fingerprint density at radius 2 is 2.20 bits per heavy atom. The van der Waals surface area contributed by atoms with E-state index in [2.05, 4.69) is 28.4 Å². The van der Waals surface area contributed by atoms with Gasteiger partial charge in [-0.25, -0.2) is 4.79 Å². The van der Waals surface area contributed by atoms with Crippen molar-refractivity contribution in [2.75, 3.05) is 36.9 Å². The third kappa shape index (κ3) is 4.13. The summed E-state index contributed by atoms with van der Waals surface area (Å²) in [6.07, 6.45) is 5.99. The second-order valence-corrected chi connectivity index (χ2v) is 6.79. The van der Waals surface area contributed by atoms with Crippen LogP contribution in [0.25, 0.3) is 0 Å². The van der Waals surface area contributed by atoms with Crippen molar-refractivity contribution in [2.45, 2.75) is 19.8 Å². The Morgan fingerprint density at radius 3 is 2.92 bits per heavy atom. The SMILES string of the molecule is CCN(C)c1ccccc1NC(=O)N1CC[C@H](Cc2cnn(C)c2)C1. The summed E-state index contributed by atoms with van der Waals surface area (Å²) < 4.78 is 1.83. The Bertz CT molecular complexity index is 726. The van der Waals surface area contributed by atoms with E-state index in [-0.39, 0.29) is 6.03 Å². The minimum Gasteiger partial charge on any atom is -0.373 e. The molecule has 1 aliphatic rings. The van der Waals surface area contributed by atoms with Gasteiger partial charge in [-0.05, 0) is 43.4 Å². The fraction of sp³-hybridized carbons (Fsp3) is 0.474. The minimum absolute atomic E-state index is 0.00867. The molecule has 2 amide bonds. The molecule has 1 atom stereocenters. The Morgan fingerprint density at radius 1 is 1.40 bits per heavy atom. The maximum atomic E-state index is 12.7. The lowest BCUT2D eigenvalue weighted by atomic mass is 10.0. The van der Waals surface area contributed by atoms with Crippen LogP contribution in [0.1, 0.15) is 18.9 Å². The monoisotopic (exact) mass is 341 g/mol. The molecule has 25 heavy (non-hydrogen) atoms. The van der Waals surface area contributed by atoms with Crippen LogP contribution in [0.15, 0.2) is 36.7 Å². The highest BCUT2D eigenvalue weighted by molar-refractivity contribution is 5.93. The van der Waals surface area contributed by atoms with Crippen molar-refractivity contribution in [1.29, 1.82) is 0 Å². The van der Waals surface area contributed by atoms with E-state index in [0.717, 1.165) is 43.9 Å². The molecule has 2 heterocycles. The molecule has 0 aliphatic carbocycles. The van der Waals surface area contributed by atoms with Crippen molar-refractivity contribution in [1.82, 2.24) is 14.7 Å². The Labute approximate surface area is 149 Å². The number of aryl methyl sites for hydroxylation is 1. The van der Waals surface area contributed by atoms with Crippen molar-refractivity contribution in [3.8, 4) is 0 Å². The predicted molar refractivity (Wildman–Crippen MR) is 101 cm³/mol. The lowest BCUT2D eigenvalue weighted by Gasteiger charge is -2.23. The number of rotatable bonds is 5. The smallest absolute Gasteiger partial charge is 0.321 e. The number of nitrogens with zero attached hydrogens (tertiary/aromatic N) is 4. The van der Waals surface area contributed by atoms with E-state index >= 15 is 0 Å². The van der Waals surface area contributed by atoms with Crippen molar-refractivity contribution in [3.63, 3.8) is 0 Å². The van der Waals surface area contributed by atoms with Gasteiger partial charge >= 0.3 is 6.03 Å². The molecule has 1 aromatic carbocycles. The molecular formula is C19H27N5O. The van der Waals surface area contributed by atoms with Gasteiger partial charge in [0.15, 0.2) is 0 Å². The van der Waals surface area contributed by atoms with Crippen LogP contribution in [-0.4, -0.2) is 47.4 Å². The van der Waals surface area contributed by atoms with Crippen LogP contribution in [0.3, 0.4) is 0 Å². The second-order valence-electron chi connectivity index (χ2n) is 6.79. The molecule has 1 saturated heterocycles. The third-order valence-corrected chi connectivity index (χ3v) is 4.89. The quantitative estimate of drug-likeness (QED) is 0.910. The van der Waals surface area contributed by atoms with E-state index in [1.165, 1.54) is 5.56 Å². The summed E-state index contributed by atoms with van der Waals surface area (Å²) in [6.45, 7) is 4.60. The van der Waals surface area contributed by atoms with Crippen LogP contribution in [0.4, 0.5) is 16.2 Å². The molecule has 6 nitrogen and oxygen atoms in total. The van der Waals surface area contributed by atoms with Gasteiger partial charge < -0.3 is 15.1 Å². The van der Waals surface area contributed by atoms with Crippen LogP contribution in [-0.2, 0) is 13.5 Å². The van der Waals surface area contributed by atoms with Gasteiger partial charge in [-0.3, -0.25) is 4.68 Å². The highest BCUT2D eigenvalue weighted by Crippen LogP contribution is 2.26. The first-order chi connectivity index (χ1) is 12.1. The summed E-state index contributed by atoms with van der Waals surface area (Å²) >= 11 is 0. The molecule has 1 N–H and O–H groups in total. The molecule has 0 unspecified atom stereocenters. The van der Waals surface area contributed by atoms with E-state index < -0.39 is 0 Å². The van der Waals surface area contributed by atoms with Gasteiger partial charge in [-0.15, -0.1) is 0 Å². The van der Waals surface area contributed by atoms with Gasteiger partial charge in [0.1, 0.15) is 0 Å². The molecule has 0 radical (unpaired) electrons. The Balaban J connectivity index is 1.59. The maximum absolute atomic E-state index is 12.7. The Hall–Kier alpha value is -2.50. The molecule has 1 aromatic heterocycles. The van der Waals surface area contributed by atoms with Crippen LogP contribution < -0.4 is 10.2 Å². The largest absolute Gasteiger partial charge is 0.373 e. The van der Waals surface area contributed by atoms with Crippen molar-refractivity contribution in [2.24, 2.45) is 13.0 Å². The zero-order valence-electron chi connectivity index (χ0n) is 15.3. The summed E-state index contributed by atoms with van der Waals surface area (Å²) in [7, 11) is 3.97. The lowest BCUT2D eigenvalue weighted by molar-refractivity contribution is 0.221. The van der Waals surface area contributed by atoms with E-state index in [9.17, 15) is 4.79 Å². The summed E-state index contributed by atoms with van der Waals surface area (Å²) in [6, 6.07) is 7.94. The van der Waals surface area contributed by atoms with Gasteiger partial charge in [0.25, 0.3) is 0 Å². The molecule has 0 bridgehead atoms. The fourth-order valence-electron chi connectivity index (χ4n) is 3.37. The molecule has 6 heteroatoms. The van der Waals surface area contributed by atoms with E-state index in [4.69, 9.17) is 0 Å². The van der Waals surface area contributed by atoms with Gasteiger partial charge in [0, 0.05) is 39.9 Å². The second kappa shape index (κ2) is 7.59. The first kappa shape index (κ1) is 17.3. The maximum Gasteiger partial charge on any atom is 0.321 e. The minimum atomic E-state index is -0.00867. The molecule has 0 saturated carbocycles. The molecule has 3 rings (SSSR count). The fourth-order valence-corrected chi connectivity index (χ4v) is 3.37. The standard InChI is InChI=1S/C19H27N5O/c1-4-22(2)18-8-6-5-7-17(18)21-19(25)24-10-9-15(14-24)11-16-12-20-23(3)13-16/h5-8,12-13,15H,4,9-11,14H2,1-3H3,(H,21,25)/t15-/m1/s1. The molecule has 2 aromatic rings. The zero-order valence-corrected chi connectivity index (χ0v) is 15.3. The zero-order chi connectivity index (χ0) is 17.8. The summed E-state index contributed by atoms with van der Waals surface area (Å²) in [4.78, 5) is 16.7. The Kier molecular flexibility index (Phi) is 5.26. The number of nitrogens with one attached hydrogen (secondary N) is 1. The highest BCUT2D eigenvalue weighted by atomic mass is 16.2.